The number of phenols is 1. The maximum atomic E-state index is 12.9. The Morgan fingerprint density at radius 3 is 2.66 bits per heavy atom. The molecule has 1 aromatic heterocycles. The fourth-order valence-corrected chi connectivity index (χ4v) is 3.30. The van der Waals surface area contributed by atoms with E-state index in [1.807, 2.05) is 0 Å². The molecule has 1 aliphatic heterocycles. The molecule has 4 rings (SSSR count). The second-order valence-electron chi connectivity index (χ2n) is 7.19. The van der Waals surface area contributed by atoms with Crippen LogP contribution in [0.25, 0.3) is 11.0 Å². The summed E-state index contributed by atoms with van der Waals surface area (Å²) >= 11 is 0. The van der Waals surface area contributed by atoms with Gasteiger partial charge in [-0.05, 0) is 55.3 Å². The molecule has 168 valence electrons. The molecule has 0 spiro atoms. The summed E-state index contributed by atoms with van der Waals surface area (Å²) in [5.41, 5.74) is 0.613. The molecule has 0 saturated carbocycles. The summed E-state index contributed by atoms with van der Waals surface area (Å²) in [4.78, 5) is 17.1. The van der Waals surface area contributed by atoms with Crippen LogP contribution in [0.3, 0.4) is 0 Å². The minimum Gasteiger partial charge on any atom is -0.508 e. The first-order valence-electron chi connectivity index (χ1n) is 9.84. The molecule has 0 aliphatic carbocycles. The van der Waals surface area contributed by atoms with Crippen molar-refractivity contribution >= 4 is 22.6 Å². The Hall–Kier alpha value is -3.53. The van der Waals surface area contributed by atoms with Crippen LogP contribution in [0.2, 0.25) is 0 Å². The molecule has 2 heterocycles. The number of nitrogens with zero attached hydrogens (tertiary/aromatic N) is 1. The molecule has 7 nitrogen and oxygen atoms in total. The molecule has 2 aromatic carbocycles. The Kier molecular flexibility index (Phi) is 6.04. The van der Waals surface area contributed by atoms with E-state index in [1.165, 1.54) is 24.3 Å². The highest BCUT2D eigenvalue weighted by Crippen LogP contribution is 2.25. The molecule has 1 aliphatic rings. The number of carbonyl (C=O) groups is 1. The summed E-state index contributed by atoms with van der Waals surface area (Å²) in [5.74, 6) is -0.863. The number of ether oxygens (including phenoxy) is 2. The average Bonchev–Trinajstić information content (AvgIpc) is 3.25. The lowest BCUT2D eigenvalue weighted by Crippen LogP contribution is -2.34. The van der Waals surface area contributed by atoms with Crippen LogP contribution in [0.5, 0.6) is 11.5 Å². The van der Waals surface area contributed by atoms with E-state index < -0.39 is 18.0 Å². The third-order valence-corrected chi connectivity index (χ3v) is 4.79. The molecule has 10 heteroatoms. The van der Waals surface area contributed by atoms with Gasteiger partial charge >= 0.3 is 6.36 Å². The zero-order valence-electron chi connectivity index (χ0n) is 16.7. The maximum absolute atomic E-state index is 12.9. The zero-order valence-corrected chi connectivity index (χ0v) is 16.7. The Bertz CT molecular complexity index is 1180. The van der Waals surface area contributed by atoms with Gasteiger partial charge in [-0.25, -0.2) is 4.99 Å². The van der Waals surface area contributed by atoms with Crippen LogP contribution in [-0.4, -0.2) is 36.6 Å². The van der Waals surface area contributed by atoms with Gasteiger partial charge in [0.2, 0.25) is 5.55 Å². The van der Waals surface area contributed by atoms with Crippen LogP contribution in [-0.2, 0) is 4.74 Å². The molecule has 1 fully saturated rings. The van der Waals surface area contributed by atoms with E-state index >= 15 is 0 Å². The first-order valence-corrected chi connectivity index (χ1v) is 9.84. The van der Waals surface area contributed by atoms with E-state index in [0.29, 0.717) is 18.5 Å². The average molecular weight is 448 g/mol. The number of hydrogen-bond donors (Lipinski definition) is 2. The highest BCUT2D eigenvalue weighted by molar-refractivity contribution is 5.96. The number of fused-ring (bicyclic) bond motifs is 1. The first kappa shape index (κ1) is 21.7. The minimum atomic E-state index is -4.80. The third-order valence-electron chi connectivity index (χ3n) is 4.79. The SMILES string of the molecule is O=C(NC[C@@H]1CCCO1)c1cc2ccc(O)cc2oc1=Nc1ccc(OC(F)(F)F)cc1. The van der Waals surface area contributed by atoms with Gasteiger partial charge in [0, 0.05) is 24.6 Å². The van der Waals surface area contributed by atoms with Crippen molar-refractivity contribution in [1.29, 1.82) is 0 Å². The minimum absolute atomic E-state index is 0.0311. The molecule has 1 atom stereocenters. The predicted molar refractivity (Wildman–Crippen MR) is 108 cm³/mol. The van der Waals surface area contributed by atoms with Crippen LogP contribution in [0, 0.1) is 0 Å². The van der Waals surface area contributed by atoms with Crippen LogP contribution in [0.1, 0.15) is 23.2 Å². The number of halogens is 3. The van der Waals surface area contributed by atoms with Gasteiger partial charge in [0.05, 0.1) is 11.8 Å². The molecule has 2 N–H and O–H groups in total. The fourth-order valence-electron chi connectivity index (χ4n) is 3.30. The van der Waals surface area contributed by atoms with Gasteiger partial charge in [-0.15, -0.1) is 13.2 Å². The molecule has 32 heavy (non-hydrogen) atoms. The van der Waals surface area contributed by atoms with Gasteiger partial charge in [0.25, 0.3) is 5.91 Å². The molecule has 1 amide bonds. The number of aromatic hydroxyl groups is 1. The Balaban J connectivity index is 1.68. The van der Waals surface area contributed by atoms with Crippen molar-refractivity contribution in [2.24, 2.45) is 4.99 Å². The number of carbonyl (C=O) groups excluding carboxylic acids is 1. The fraction of sp³-hybridized carbons (Fsp3) is 0.273. The quantitative estimate of drug-likeness (QED) is 0.611. The smallest absolute Gasteiger partial charge is 0.508 e. The normalized spacial score (nSPS) is 17.0. The summed E-state index contributed by atoms with van der Waals surface area (Å²) in [6.07, 6.45) is -3.08. The van der Waals surface area contributed by atoms with Crippen molar-refractivity contribution in [2.75, 3.05) is 13.2 Å². The van der Waals surface area contributed by atoms with E-state index in [4.69, 9.17) is 9.15 Å². The van der Waals surface area contributed by atoms with E-state index in [9.17, 15) is 23.1 Å². The third kappa shape index (κ3) is 5.38. The van der Waals surface area contributed by atoms with E-state index in [1.54, 1.807) is 12.1 Å². The Labute approximate surface area is 180 Å². The lowest BCUT2D eigenvalue weighted by atomic mass is 10.1. The molecule has 3 aromatic rings. The van der Waals surface area contributed by atoms with Gasteiger partial charge in [-0.1, -0.05) is 0 Å². The van der Waals surface area contributed by atoms with E-state index in [0.717, 1.165) is 25.0 Å². The second-order valence-corrected chi connectivity index (χ2v) is 7.19. The number of benzene rings is 2. The van der Waals surface area contributed by atoms with Gasteiger partial charge in [0.15, 0.2) is 0 Å². The summed E-state index contributed by atoms with van der Waals surface area (Å²) in [5, 5.41) is 13.1. The molecule has 0 unspecified atom stereocenters. The second kappa shape index (κ2) is 8.91. The van der Waals surface area contributed by atoms with Crippen molar-refractivity contribution < 1.29 is 37.0 Å². The lowest BCUT2D eigenvalue weighted by Gasteiger charge is -2.11. The summed E-state index contributed by atoms with van der Waals surface area (Å²) in [6.45, 7) is 0.985. The summed E-state index contributed by atoms with van der Waals surface area (Å²) in [6, 6.07) is 10.8. The number of hydrogen-bond acceptors (Lipinski definition) is 6. The zero-order chi connectivity index (χ0) is 22.7. The summed E-state index contributed by atoms with van der Waals surface area (Å²) in [7, 11) is 0. The molecule has 1 saturated heterocycles. The van der Waals surface area contributed by atoms with E-state index in [2.05, 4.69) is 15.0 Å². The van der Waals surface area contributed by atoms with Gasteiger partial charge in [0.1, 0.15) is 22.6 Å². The standard InChI is InChI=1S/C22H19F3N2O5/c23-22(24,25)32-16-7-4-14(5-8-16)27-21-18(20(29)26-12-17-2-1-9-30-17)10-13-3-6-15(28)11-19(13)31-21/h3-8,10-11,17,28H,1-2,9,12H2,(H,26,29)/t17-/m0/s1. The van der Waals surface area contributed by atoms with Crippen molar-refractivity contribution in [2.45, 2.75) is 25.3 Å². The Morgan fingerprint density at radius 1 is 1.19 bits per heavy atom. The van der Waals surface area contributed by atoms with Gasteiger partial charge in [-0.2, -0.15) is 0 Å². The lowest BCUT2D eigenvalue weighted by molar-refractivity contribution is -0.274. The molecular formula is C22H19F3N2O5. The van der Waals surface area contributed by atoms with Crippen LogP contribution in [0.15, 0.2) is 57.9 Å². The maximum Gasteiger partial charge on any atom is 0.573 e. The molecular weight excluding hydrogens is 429 g/mol. The van der Waals surface area contributed by atoms with Crippen molar-refractivity contribution in [3.8, 4) is 11.5 Å². The highest BCUT2D eigenvalue weighted by atomic mass is 19.4. The predicted octanol–water partition coefficient (Wildman–Crippen LogP) is 4.18. The molecule has 0 bridgehead atoms. The van der Waals surface area contributed by atoms with Crippen LogP contribution >= 0.6 is 0 Å². The monoisotopic (exact) mass is 448 g/mol. The Morgan fingerprint density at radius 2 is 1.97 bits per heavy atom. The van der Waals surface area contributed by atoms with Crippen molar-refractivity contribution in [3.05, 3.63) is 59.6 Å². The topological polar surface area (TPSA) is 93.3 Å². The number of alkyl halides is 3. The van der Waals surface area contributed by atoms with Gasteiger partial charge in [-0.3, -0.25) is 4.79 Å². The largest absolute Gasteiger partial charge is 0.573 e. The van der Waals surface area contributed by atoms with Crippen LogP contribution < -0.4 is 15.6 Å². The summed E-state index contributed by atoms with van der Waals surface area (Å²) < 4.78 is 52.2. The number of rotatable bonds is 5. The van der Waals surface area contributed by atoms with Crippen molar-refractivity contribution in [1.82, 2.24) is 5.32 Å². The molecule has 0 radical (unpaired) electrons. The first-order chi connectivity index (χ1) is 15.3. The highest BCUT2D eigenvalue weighted by Gasteiger charge is 2.31. The number of amides is 1. The van der Waals surface area contributed by atoms with Crippen molar-refractivity contribution in [3.63, 3.8) is 0 Å². The number of nitrogens with one attached hydrogen (secondary N) is 1. The van der Waals surface area contributed by atoms with E-state index in [-0.39, 0.29) is 34.2 Å². The van der Waals surface area contributed by atoms with Crippen LogP contribution in [0.4, 0.5) is 18.9 Å². The van der Waals surface area contributed by atoms with Gasteiger partial charge < -0.3 is 24.3 Å². The number of phenolic OH excluding ortho intramolecular Hbond substituents is 1.